The van der Waals surface area contributed by atoms with E-state index in [0.717, 1.165) is 27.8 Å². The Hall–Kier alpha value is -3.38. The highest BCUT2D eigenvalue weighted by Crippen LogP contribution is 2.28. The van der Waals surface area contributed by atoms with Gasteiger partial charge in [-0.15, -0.1) is 0 Å². The molecule has 164 valence electrons. The van der Waals surface area contributed by atoms with Crippen LogP contribution in [0.4, 0.5) is 5.69 Å². The normalized spacial score (nSPS) is 11.6. The van der Waals surface area contributed by atoms with Gasteiger partial charge in [-0.05, 0) is 55.2 Å². The molecule has 1 heterocycles. The molecular weight excluding hydrogens is 420 g/mol. The van der Waals surface area contributed by atoms with Gasteiger partial charge in [0.15, 0.2) is 9.84 Å². The van der Waals surface area contributed by atoms with Crippen LogP contribution in [-0.2, 0) is 21.2 Å². The van der Waals surface area contributed by atoms with Gasteiger partial charge in [-0.3, -0.25) is 4.79 Å². The molecule has 0 atom stereocenters. The van der Waals surface area contributed by atoms with Gasteiger partial charge in [0.25, 0.3) is 0 Å². The van der Waals surface area contributed by atoms with E-state index in [-0.39, 0.29) is 4.90 Å². The molecule has 0 aliphatic rings. The van der Waals surface area contributed by atoms with Crippen molar-refractivity contribution in [1.82, 2.24) is 4.57 Å². The summed E-state index contributed by atoms with van der Waals surface area (Å²) in [4.78, 5) is 12.8. The summed E-state index contributed by atoms with van der Waals surface area (Å²) in [5.74, 6) is -1.16. The second-order valence-electron chi connectivity index (χ2n) is 8.12. The van der Waals surface area contributed by atoms with E-state index in [4.69, 9.17) is 0 Å². The summed E-state index contributed by atoms with van der Waals surface area (Å²) in [6, 6.07) is 21.0. The average molecular weight is 447 g/mol. The fourth-order valence-electron chi connectivity index (χ4n) is 3.89. The Kier molecular flexibility index (Phi) is 5.89. The highest BCUT2D eigenvalue weighted by molar-refractivity contribution is 7.92. The minimum atomic E-state index is -3.84. The van der Waals surface area contributed by atoms with Crippen molar-refractivity contribution in [3.8, 4) is 0 Å². The van der Waals surface area contributed by atoms with E-state index in [0.29, 0.717) is 17.6 Å². The largest absolute Gasteiger partial charge is 0.342 e. The number of carbonyl (C=O) groups is 1. The molecule has 4 aromatic rings. The number of nitrogens with zero attached hydrogens (tertiary/aromatic N) is 1. The average Bonchev–Trinajstić information content (AvgIpc) is 3.12. The molecule has 1 N–H and O–H groups in total. The molecule has 0 bridgehead atoms. The number of hydrogen-bond acceptors (Lipinski definition) is 3. The molecule has 0 unspecified atom stereocenters. The molecule has 0 radical (unpaired) electrons. The number of aryl methyl sites for hydroxylation is 2. The quantitative estimate of drug-likeness (QED) is 0.452. The van der Waals surface area contributed by atoms with E-state index < -0.39 is 21.5 Å². The third kappa shape index (κ3) is 4.32. The second-order valence-corrected chi connectivity index (χ2v) is 10.1. The van der Waals surface area contributed by atoms with Gasteiger partial charge in [-0.25, -0.2) is 8.42 Å². The van der Waals surface area contributed by atoms with Crippen LogP contribution in [-0.4, -0.2) is 24.6 Å². The molecule has 0 saturated heterocycles. The maximum absolute atomic E-state index is 13.3. The van der Waals surface area contributed by atoms with Crippen LogP contribution in [0.3, 0.4) is 0 Å². The Morgan fingerprint density at radius 2 is 1.56 bits per heavy atom. The number of carbonyl (C=O) groups excluding carboxylic acids is 1. The molecule has 0 aliphatic carbocycles. The zero-order valence-electron chi connectivity index (χ0n) is 18.4. The van der Waals surface area contributed by atoms with Crippen molar-refractivity contribution in [3.63, 3.8) is 0 Å². The lowest BCUT2D eigenvalue weighted by atomic mass is 10.1. The molecular formula is C26H26N2O3S. The minimum absolute atomic E-state index is 0.179. The predicted octanol–water partition coefficient (Wildman–Crippen LogP) is 5.03. The number of anilines is 1. The molecule has 1 amide bonds. The van der Waals surface area contributed by atoms with Gasteiger partial charge in [0, 0.05) is 29.3 Å². The lowest BCUT2D eigenvalue weighted by Crippen LogP contribution is -2.23. The monoisotopic (exact) mass is 446 g/mol. The van der Waals surface area contributed by atoms with Crippen molar-refractivity contribution in [2.24, 2.45) is 0 Å². The smallest absolute Gasteiger partial charge is 0.239 e. The summed E-state index contributed by atoms with van der Waals surface area (Å²) < 4.78 is 28.5. The van der Waals surface area contributed by atoms with Crippen molar-refractivity contribution < 1.29 is 13.2 Å². The Labute approximate surface area is 188 Å². The van der Waals surface area contributed by atoms with Crippen LogP contribution >= 0.6 is 0 Å². The number of rotatable bonds is 6. The van der Waals surface area contributed by atoms with Crippen molar-refractivity contribution in [2.45, 2.75) is 32.2 Å². The van der Waals surface area contributed by atoms with E-state index in [1.165, 1.54) is 0 Å². The molecule has 0 fully saturated rings. The highest BCUT2D eigenvalue weighted by Gasteiger charge is 2.25. The Morgan fingerprint density at radius 1 is 0.875 bits per heavy atom. The summed E-state index contributed by atoms with van der Waals surface area (Å²) in [6.45, 7) is 6.44. The lowest BCUT2D eigenvalue weighted by Gasteiger charge is -2.10. The standard InChI is InChI=1S/C26H26N2O3S/c1-18-10-8-13-23(20(18)3)27-26(29)17-32(30,31)25-16-28(24-14-7-6-12-22(24)25)15-21-11-5-4-9-19(21)2/h4-14,16H,15,17H2,1-3H3,(H,27,29). The summed E-state index contributed by atoms with van der Waals surface area (Å²) in [6.07, 6.45) is 1.65. The number of sulfone groups is 1. The summed E-state index contributed by atoms with van der Waals surface area (Å²) in [7, 11) is -3.84. The van der Waals surface area contributed by atoms with Crippen molar-refractivity contribution in [1.29, 1.82) is 0 Å². The van der Waals surface area contributed by atoms with Gasteiger partial charge in [-0.1, -0.05) is 54.6 Å². The Bertz CT molecular complexity index is 1420. The zero-order chi connectivity index (χ0) is 22.9. The summed E-state index contributed by atoms with van der Waals surface area (Å²) in [5.41, 5.74) is 5.67. The van der Waals surface area contributed by atoms with Crippen LogP contribution < -0.4 is 5.32 Å². The Balaban J connectivity index is 1.65. The van der Waals surface area contributed by atoms with Gasteiger partial charge < -0.3 is 9.88 Å². The molecule has 0 aliphatic heterocycles. The maximum Gasteiger partial charge on any atom is 0.239 e. The third-order valence-electron chi connectivity index (χ3n) is 5.89. The number of aromatic nitrogens is 1. The summed E-state index contributed by atoms with van der Waals surface area (Å²) >= 11 is 0. The number of benzene rings is 3. The van der Waals surface area contributed by atoms with Crippen molar-refractivity contribution >= 4 is 32.3 Å². The van der Waals surface area contributed by atoms with Crippen LogP contribution in [0, 0.1) is 20.8 Å². The van der Waals surface area contributed by atoms with Crippen LogP contribution in [0.15, 0.2) is 77.8 Å². The van der Waals surface area contributed by atoms with E-state index in [9.17, 15) is 13.2 Å². The molecule has 0 saturated carbocycles. The van der Waals surface area contributed by atoms with Crippen LogP contribution in [0.2, 0.25) is 0 Å². The van der Waals surface area contributed by atoms with Gasteiger partial charge in [0.05, 0.1) is 4.90 Å². The molecule has 0 spiro atoms. The van der Waals surface area contributed by atoms with Gasteiger partial charge in [0.2, 0.25) is 5.91 Å². The van der Waals surface area contributed by atoms with Gasteiger partial charge in [0.1, 0.15) is 5.75 Å². The third-order valence-corrected chi connectivity index (χ3v) is 7.53. The first-order chi connectivity index (χ1) is 15.3. The van der Waals surface area contributed by atoms with Crippen LogP contribution in [0.5, 0.6) is 0 Å². The fourth-order valence-corrected chi connectivity index (χ4v) is 5.25. The van der Waals surface area contributed by atoms with E-state index in [2.05, 4.69) is 5.32 Å². The first-order valence-electron chi connectivity index (χ1n) is 10.5. The zero-order valence-corrected chi connectivity index (χ0v) is 19.2. The minimum Gasteiger partial charge on any atom is -0.342 e. The fraction of sp³-hybridized carbons (Fsp3) is 0.192. The first kappa shape index (κ1) is 21.8. The molecule has 32 heavy (non-hydrogen) atoms. The molecule has 4 rings (SSSR count). The number of fused-ring (bicyclic) bond motifs is 1. The predicted molar refractivity (Wildman–Crippen MR) is 129 cm³/mol. The Morgan fingerprint density at radius 3 is 2.34 bits per heavy atom. The van der Waals surface area contributed by atoms with E-state index >= 15 is 0 Å². The van der Waals surface area contributed by atoms with Gasteiger partial charge in [-0.2, -0.15) is 0 Å². The molecule has 3 aromatic carbocycles. The SMILES string of the molecule is Cc1ccccc1Cn1cc(S(=O)(=O)CC(=O)Nc2cccc(C)c2C)c2ccccc21. The van der Waals surface area contributed by atoms with E-state index in [1.807, 2.05) is 79.9 Å². The molecule has 1 aromatic heterocycles. The first-order valence-corrected chi connectivity index (χ1v) is 12.1. The van der Waals surface area contributed by atoms with Crippen molar-refractivity contribution in [2.75, 3.05) is 11.1 Å². The van der Waals surface area contributed by atoms with Crippen LogP contribution in [0.25, 0.3) is 10.9 Å². The van der Waals surface area contributed by atoms with Crippen LogP contribution in [0.1, 0.15) is 22.3 Å². The topological polar surface area (TPSA) is 68.2 Å². The molecule has 6 heteroatoms. The lowest BCUT2D eigenvalue weighted by molar-refractivity contribution is -0.113. The second kappa shape index (κ2) is 8.63. The summed E-state index contributed by atoms with van der Waals surface area (Å²) in [5, 5.41) is 3.38. The molecule has 5 nitrogen and oxygen atoms in total. The number of hydrogen-bond donors (Lipinski definition) is 1. The number of para-hydroxylation sites is 1. The highest BCUT2D eigenvalue weighted by atomic mass is 32.2. The maximum atomic E-state index is 13.3. The van der Waals surface area contributed by atoms with Gasteiger partial charge >= 0.3 is 0 Å². The van der Waals surface area contributed by atoms with E-state index in [1.54, 1.807) is 18.3 Å². The number of nitrogens with one attached hydrogen (secondary N) is 1. The number of amides is 1. The van der Waals surface area contributed by atoms with Crippen molar-refractivity contribution in [3.05, 3.63) is 95.2 Å².